The van der Waals surface area contributed by atoms with Crippen molar-refractivity contribution in [3.05, 3.63) is 29.8 Å². The minimum absolute atomic E-state index is 0.220. The summed E-state index contributed by atoms with van der Waals surface area (Å²) in [5.41, 5.74) is 0.220. The Morgan fingerprint density at radius 2 is 2.05 bits per heavy atom. The van der Waals surface area contributed by atoms with Crippen molar-refractivity contribution in [2.24, 2.45) is 11.8 Å². The Morgan fingerprint density at radius 3 is 2.76 bits per heavy atom. The normalized spacial score (nSPS) is 25.5. The summed E-state index contributed by atoms with van der Waals surface area (Å²) in [6.45, 7) is 5.88. The maximum Gasteiger partial charge on any atom is 0.339 e. The molecule has 0 bridgehead atoms. The number of para-hydroxylation sites is 1. The molecule has 2 rings (SSSR count). The largest absolute Gasteiger partial charge is 0.491 e. The Morgan fingerprint density at radius 1 is 1.29 bits per heavy atom. The molecule has 0 aromatic heterocycles. The van der Waals surface area contributed by atoms with E-state index in [0.29, 0.717) is 18.4 Å². The average molecular weight is 291 g/mol. The molecule has 2 N–H and O–H groups in total. The fraction of sp³-hybridized carbons (Fsp3) is 0.588. The van der Waals surface area contributed by atoms with Crippen LogP contribution in [0.15, 0.2) is 24.3 Å². The number of hydrogen-bond donors (Lipinski definition) is 2. The minimum atomic E-state index is -0.950. The SMILES string of the molecule is CC1CCC(NCCOc2ccccc2C(=O)O)CC1C. The molecule has 0 aliphatic heterocycles. The van der Waals surface area contributed by atoms with E-state index in [1.54, 1.807) is 24.3 Å². The number of ether oxygens (including phenoxy) is 1. The molecule has 0 spiro atoms. The number of carbonyl (C=O) groups is 1. The standard InChI is InChI=1S/C17H25NO3/c1-12-7-8-14(11-13(12)2)18-9-10-21-16-6-4-3-5-15(16)17(19)20/h3-6,12-14,18H,7-11H2,1-2H3,(H,19,20). The molecule has 4 nitrogen and oxygen atoms in total. The third kappa shape index (κ3) is 4.46. The van der Waals surface area contributed by atoms with Crippen LogP contribution in [0.25, 0.3) is 0 Å². The lowest BCUT2D eigenvalue weighted by Crippen LogP contribution is -2.38. The number of benzene rings is 1. The third-order valence-electron chi connectivity index (χ3n) is 4.51. The highest BCUT2D eigenvalue weighted by Gasteiger charge is 2.23. The van der Waals surface area contributed by atoms with Gasteiger partial charge in [-0.15, -0.1) is 0 Å². The molecule has 1 aliphatic rings. The highest BCUT2D eigenvalue weighted by atomic mass is 16.5. The van der Waals surface area contributed by atoms with E-state index in [1.807, 2.05) is 0 Å². The fourth-order valence-electron chi connectivity index (χ4n) is 2.93. The second-order valence-electron chi connectivity index (χ2n) is 6.07. The van der Waals surface area contributed by atoms with Gasteiger partial charge in [0.05, 0.1) is 0 Å². The fourth-order valence-corrected chi connectivity index (χ4v) is 2.93. The first-order valence-corrected chi connectivity index (χ1v) is 7.76. The molecule has 1 aromatic rings. The van der Waals surface area contributed by atoms with Crippen LogP contribution in [0.4, 0.5) is 0 Å². The summed E-state index contributed by atoms with van der Waals surface area (Å²) in [4.78, 5) is 11.1. The Hall–Kier alpha value is -1.55. The Bertz CT molecular complexity index is 475. The van der Waals surface area contributed by atoms with Gasteiger partial charge in [0.25, 0.3) is 0 Å². The summed E-state index contributed by atoms with van der Waals surface area (Å²) in [7, 11) is 0. The number of carboxylic acid groups (broad SMARTS) is 1. The van der Waals surface area contributed by atoms with Crippen molar-refractivity contribution >= 4 is 5.97 Å². The van der Waals surface area contributed by atoms with Crippen molar-refractivity contribution in [2.75, 3.05) is 13.2 Å². The summed E-state index contributed by atoms with van der Waals surface area (Å²) in [6.07, 6.45) is 3.71. The van der Waals surface area contributed by atoms with Crippen LogP contribution in [0.1, 0.15) is 43.5 Å². The van der Waals surface area contributed by atoms with Crippen molar-refractivity contribution in [2.45, 2.75) is 39.2 Å². The predicted octanol–water partition coefficient (Wildman–Crippen LogP) is 3.18. The van der Waals surface area contributed by atoms with Crippen LogP contribution in [0.5, 0.6) is 5.75 Å². The van der Waals surface area contributed by atoms with E-state index in [0.717, 1.165) is 18.4 Å². The van der Waals surface area contributed by atoms with E-state index in [4.69, 9.17) is 9.84 Å². The number of hydrogen-bond acceptors (Lipinski definition) is 3. The zero-order valence-corrected chi connectivity index (χ0v) is 12.8. The molecule has 21 heavy (non-hydrogen) atoms. The molecular formula is C17H25NO3. The van der Waals surface area contributed by atoms with E-state index < -0.39 is 5.97 Å². The first-order chi connectivity index (χ1) is 10.1. The third-order valence-corrected chi connectivity index (χ3v) is 4.51. The summed E-state index contributed by atoms with van der Waals surface area (Å²) in [5, 5.41) is 12.6. The van der Waals surface area contributed by atoms with Gasteiger partial charge in [0.1, 0.15) is 17.9 Å². The lowest BCUT2D eigenvalue weighted by Gasteiger charge is -2.32. The highest BCUT2D eigenvalue weighted by molar-refractivity contribution is 5.90. The molecule has 4 heteroatoms. The molecule has 1 saturated carbocycles. The van der Waals surface area contributed by atoms with E-state index in [9.17, 15) is 4.79 Å². The molecule has 1 aliphatic carbocycles. The van der Waals surface area contributed by atoms with Gasteiger partial charge in [-0.05, 0) is 43.2 Å². The molecule has 0 saturated heterocycles. The first kappa shape index (κ1) is 15.8. The van der Waals surface area contributed by atoms with Crippen molar-refractivity contribution in [1.29, 1.82) is 0 Å². The Balaban J connectivity index is 1.74. The van der Waals surface area contributed by atoms with Gasteiger partial charge in [0, 0.05) is 12.6 Å². The lowest BCUT2D eigenvalue weighted by atomic mass is 9.79. The Labute approximate surface area is 126 Å². The van der Waals surface area contributed by atoms with Crippen LogP contribution in [0, 0.1) is 11.8 Å². The first-order valence-electron chi connectivity index (χ1n) is 7.76. The van der Waals surface area contributed by atoms with Crippen LogP contribution in [0.3, 0.4) is 0 Å². The monoisotopic (exact) mass is 291 g/mol. The van der Waals surface area contributed by atoms with Gasteiger partial charge in [-0.2, -0.15) is 0 Å². The van der Waals surface area contributed by atoms with Crippen molar-refractivity contribution < 1.29 is 14.6 Å². The lowest BCUT2D eigenvalue weighted by molar-refractivity contribution is 0.0692. The summed E-state index contributed by atoms with van der Waals surface area (Å²) >= 11 is 0. The zero-order chi connectivity index (χ0) is 15.2. The van der Waals surface area contributed by atoms with Crippen LogP contribution < -0.4 is 10.1 Å². The van der Waals surface area contributed by atoms with Crippen LogP contribution in [-0.2, 0) is 0 Å². The van der Waals surface area contributed by atoms with Gasteiger partial charge >= 0.3 is 5.97 Å². The summed E-state index contributed by atoms with van der Waals surface area (Å²) < 4.78 is 5.59. The number of nitrogens with one attached hydrogen (secondary N) is 1. The highest BCUT2D eigenvalue weighted by Crippen LogP contribution is 2.29. The second-order valence-corrected chi connectivity index (χ2v) is 6.07. The molecule has 1 aromatic carbocycles. The maximum atomic E-state index is 11.1. The van der Waals surface area contributed by atoms with Crippen LogP contribution >= 0.6 is 0 Å². The van der Waals surface area contributed by atoms with Crippen molar-refractivity contribution in [3.63, 3.8) is 0 Å². The number of aromatic carboxylic acids is 1. The molecule has 0 amide bonds. The molecule has 3 atom stereocenters. The van der Waals surface area contributed by atoms with E-state index in [2.05, 4.69) is 19.2 Å². The molecule has 0 heterocycles. The molecule has 116 valence electrons. The average Bonchev–Trinajstić information content (AvgIpc) is 2.47. The van der Waals surface area contributed by atoms with E-state index in [1.165, 1.54) is 19.3 Å². The smallest absolute Gasteiger partial charge is 0.339 e. The van der Waals surface area contributed by atoms with Crippen LogP contribution in [-0.4, -0.2) is 30.3 Å². The van der Waals surface area contributed by atoms with Gasteiger partial charge < -0.3 is 15.2 Å². The van der Waals surface area contributed by atoms with Crippen molar-refractivity contribution in [3.8, 4) is 5.75 Å². The maximum absolute atomic E-state index is 11.1. The molecule has 3 unspecified atom stereocenters. The van der Waals surface area contributed by atoms with Gasteiger partial charge in [0.2, 0.25) is 0 Å². The number of rotatable bonds is 6. The van der Waals surface area contributed by atoms with Gasteiger partial charge in [-0.3, -0.25) is 0 Å². The van der Waals surface area contributed by atoms with E-state index >= 15 is 0 Å². The predicted molar refractivity (Wildman–Crippen MR) is 82.9 cm³/mol. The molecular weight excluding hydrogens is 266 g/mol. The molecule has 1 fully saturated rings. The quantitative estimate of drug-likeness (QED) is 0.790. The zero-order valence-electron chi connectivity index (χ0n) is 12.8. The minimum Gasteiger partial charge on any atom is -0.491 e. The van der Waals surface area contributed by atoms with E-state index in [-0.39, 0.29) is 5.56 Å². The molecule has 0 radical (unpaired) electrons. The number of carboxylic acids is 1. The summed E-state index contributed by atoms with van der Waals surface area (Å²) in [5.74, 6) is 1.08. The summed E-state index contributed by atoms with van der Waals surface area (Å²) in [6, 6.07) is 7.33. The second kappa shape index (κ2) is 7.46. The topological polar surface area (TPSA) is 58.6 Å². The van der Waals surface area contributed by atoms with Gasteiger partial charge in [-0.1, -0.05) is 26.0 Å². The Kier molecular flexibility index (Phi) is 5.62. The van der Waals surface area contributed by atoms with Crippen molar-refractivity contribution in [1.82, 2.24) is 5.32 Å². The van der Waals surface area contributed by atoms with Crippen LogP contribution in [0.2, 0.25) is 0 Å². The van der Waals surface area contributed by atoms with Gasteiger partial charge in [-0.25, -0.2) is 4.79 Å². The van der Waals surface area contributed by atoms with Gasteiger partial charge in [0.15, 0.2) is 0 Å².